The molecule has 1 heterocycles. The van der Waals surface area contributed by atoms with Crippen molar-refractivity contribution in [2.45, 2.75) is 49.6 Å². The molecule has 3 aromatic carbocycles. The zero-order valence-electron chi connectivity index (χ0n) is 22.7. The fraction of sp³-hybridized carbons (Fsp3) is 0.241. The number of nitrogens with one attached hydrogen (secondary N) is 2. The summed E-state index contributed by atoms with van der Waals surface area (Å²) in [5, 5.41) is 19.7. The average molecular weight is 591 g/mol. The molecule has 0 bridgehead atoms. The summed E-state index contributed by atoms with van der Waals surface area (Å²) in [7, 11) is -3.91. The van der Waals surface area contributed by atoms with Gasteiger partial charge in [-0.3, -0.25) is 4.79 Å². The summed E-state index contributed by atoms with van der Waals surface area (Å²) in [5.74, 6) is -0.875. The standard InChI is InChI=1S/C29H27FN6O5S/c1-29(2)26(37)36(22-10-6-18(15-31)24(14-22)17-3-4-17)28(39)35(29)16-19-5-7-20(30)13-25(19)34-27(38)33-21-8-11-23(12-9-21)42(32,40)41/h5-14,17H,3-4,16H2,1-2H3,(H2,32,40,41)(H2,33,34,38). The van der Waals surface area contributed by atoms with Gasteiger partial charge in [-0.05, 0) is 98.3 Å². The molecule has 2 aliphatic rings. The second-order valence-electron chi connectivity index (χ2n) is 10.7. The van der Waals surface area contributed by atoms with Crippen molar-refractivity contribution in [3.63, 3.8) is 0 Å². The summed E-state index contributed by atoms with van der Waals surface area (Å²) in [6.45, 7) is 3.08. The lowest BCUT2D eigenvalue weighted by Crippen LogP contribution is -2.43. The summed E-state index contributed by atoms with van der Waals surface area (Å²) >= 11 is 0. The van der Waals surface area contributed by atoms with E-state index in [1.165, 1.54) is 41.3 Å². The first-order chi connectivity index (χ1) is 19.8. The van der Waals surface area contributed by atoms with Crippen molar-refractivity contribution in [3.05, 3.63) is 83.2 Å². The number of nitriles is 1. The number of nitrogens with two attached hydrogens (primary N) is 1. The predicted octanol–water partition coefficient (Wildman–Crippen LogP) is 4.61. The maximum Gasteiger partial charge on any atom is 0.332 e. The van der Waals surface area contributed by atoms with Gasteiger partial charge in [0, 0.05) is 5.69 Å². The van der Waals surface area contributed by atoms with Crippen LogP contribution in [0.5, 0.6) is 0 Å². The Morgan fingerprint density at radius 2 is 1.76 bits per heavy atom. The number of anilines is 3. The molecule has 0 unspecified atom stereocenters. The number of amides is 5. The van der Waals surface area contributed by atoms with Crippen LogP contribution in [-0.4, -0.2) is 36.8 Å². The van der Waals surface area contributed by atoms with E-state index in [0.29, 0.717) is 16.8 Å². The highest BCUT2D eigenvalue weighted by molar-refractivity contribution is 7.89. The second kappa shape index (κ2) is 10.6. The second-order valence-corrected chi connectivity index (χ2v) is 12.2. The molecule has 42 heavy (non-hydrogen) atoms. The van der Waals surface area contributed by atoms with Gasteiger partial charge in [0.15, 0.2) is 0 Å². The number of halogens is 1. The van der Waals surface area contributed by atoms with Crippen LogP contribution >= 0.6 is 0 Å². The van der Waals surface area contributed by atoms with Crippen molar-refractivity contribution in [3.8, 4) is 6.07 Å². The van der Waals surface area contributed by atoms with Crippen molar-refractivity contribution in [2.24, 2.45) is 5.14 Å². The van der Waals surface area contributed by atoms with Gasteiger partial charge in [-0.1, -0.05) is 6.07 Å². The zero-order valence-corrected chi connectivity index (χ0v) is 23.5. The molecule has 5 rings (SSSR count). The van der Waals surface area contributed by atoms with Crippen LogP contribution in [-0.2, 0) is 21.4 Å². The maximum atomic E-state index is 14.2. The molecule has 0 spiro atoms. The number of rotatable bonds is 7. The highest BCUT2D eigenvalue weighted by atomic mass is 32.2. The van der Waals surface area contributed by atoms with Gasteiger partial charge in [-0.25, -0.2) is 32.4 Å². The van der Waals surface area contributed by atoms with E-state index in [1.54, 1.807) is 32.0 Å². The summed E-state index contributed by atoms with van der Waals surface area (Å²) in [4.78, 5) is 42.2. The van der Waals surface area contributed by atoms with Crippen LogP contribution in [0.25, 0.3) is 0 Å². The van der Waals surface area contributed by atoms with Crippen LogP contribution in [0.2, 0.25) is 0 Å². The highest BCUT2D eigenvalue weighted by Gasteiger charge is 2.52. The Balaban J connectivity index is 1.37. The molecule has 2 fully saturated rings. The molecule has 1 aliphatic carbocycles. The first-order valence-corrected chi connectivity index (χ1v) is 14.5. The number of sulfonamides is 1. The molecule has 13 heteroatoms. The normalized spacial score (nSPS) is 16.4. The Morgan fingerprint density at radius 3 is 2.38 bits per heavy atom. The topological polar surface area (TPSA) is 166 Å². The van der Waals surface area contributed by atoms with E-state index in [0.717, 1.165) is 29.4 Å². The molecule has 3 aromatic rings. The van der Waals surface area contributed by atoms with E-state index in [-0.39, 0.29) is 28.7 Å². The van der Waals surface area contributed by atoms with Crippen LogP contribution in [0, 0.1) is 17.1 Å². The van der Waals surface area contributed by atoms with Crippen LogP contribution < -0.4 is 20.7 Å². The van der Waals surface area contributed by atoms with Gasteiger partial charge in [0.2, 0.25) is 10.0 Å². The SMILES string of the molecule is CC1(C)C(=O)N(c2ccc(C#N)c(C3CC3)c2)C(=O)N1Cc1ccc(F)cc1NC(=O)Nc1ccc(S(N)(=O)=O)cc1. The van der Waals surface area contributed by atoms with Gasteiger partial charge in [0.25, 0.3) is 5.91 Å². The lowest BCUT2D eigenvalue weighted by atomic mass is 10.0. The number of carbonyl (C=O) groups is 3. The van der Waals surface area contributed by atoms with Gasteiger partial charge in [0.05, 0.1) is 34.4 Å². The van der Waals surface area contributed by atoms with Crippen LogP contribution in [0.1, 0.15) is 49.3 Å². The highest BCUT2D eigenvalue weighted by Crippen LogP contribution is 2.44. The zero-order chi connectivity index (χ0) is 30.4. The van der Waals surface area contributed by atoms with E-state index < -0.39 is 39.3 Å². The smallest absolute Gasteiger partial charge is 0.308 e. The van der Waals surface area contributed by atoms with E-state index in [9.17, 15) is 32.5 Å². The molecule has 0 atom stereocenters. The van der Waals surface area contributed by atoms with E-state index in [4.69, 9.17) is 5.14 Å². The minimum atomic E-state index is -3.91. The number of imide groups is 1. The minimum absolute atomic E-state index is 0.0672. The number of primary sulfonamides is 1. The lowest BCUT2D eigenvalue weighted by molar-refractivity contribution is -0.123. The third-order valence-electron chi connectivity index (χ3n) is 7.34. The molecular formula is C29H27FN6O5S. The molecule has 1 saturated heterocycles. The lowest BCUT2D eigenvalue weighted by Gasteiger charge is -2.28. The summed E-state index contributed by atoms with van der Waals surface area (Å²) < 4.78 is 37.1. The Labute approximate surface area is 241 Å². The monoisotopic (exact) mass is 590 g/mol. The van der Waals surface area contributed by atoms with E-state index >= 15 is 0 Å². The summed E-state index contributed by atoms with van der Waals surface area (Å²) in [5.41, 5.74) is 1.10. The van der Waals surface area contributed by atoms with Gasteiger partial charge in [0.1, 0.15) is 11.4 Å². The Hall–Kier alpha value is -4.80. The summed E-state index contributed by atoms with van der Waals surface area (Å²) in [6.07, 6.45) is 1.87. The molecular weight excluding hydrogens is 563 g/mol. The van der Waals surface area contributed by atoms with Crippen LogP contribution in [0.4, 0.5) is 31.0 Å². The van der Waals surface area contributed by atoms with Crippen LogP contribution in [0.3, 0.4) is 0 Å². The third-order valence-corrected chi connectivity index (χ3v) is 8.27. The fourth-order valence-corrected chi connectivity index (χ4v) is 5.35. The molecule has 1 aliphatic heterocycles. The molecule has 1 saturated carbocycles. The van der Waals surface area contributed by atoms with Crippen molar-refractivity contribution in [2.75, 3.05) is 15.5 Å². The number of hydrogen-bond donors (Lipinski definition) is 3. The van der Waals surface area contributed by atoms with E-state index in [1.807, 2.05) is 0 Å². The first kappa shape index (κ1) is 28.7. The number of benzene rings is 3. The largest absolute Gasteiger partial charge is 0.332 e. The quantitative estimate of drug-likeness (QED) is 0.340. The van der Waals surface area contributed by atoms with Gasteiger partial charge >= 0.3 is 12.1 Å². The average Bonchev–Trinajstić information content (AvgIpc) is 3.75. The van der Waals surface area contributed by atoms with Gasteiger partial charge in [-0.15, -0.1) is 0 Å². The van der Waals surface area contributed by atoms with Crippen molar-refractivity contribution in [1.82, 2.24) is 4.90 Å². The number of nitrogens with zero attached hydrogens (tertiary/aromatic N) is 3. The summed E-state index contributed by atoms with van der Waals surface area (Å²) in [6, 6.07) is 14.6. The first-order valence-electron chi connectivity index (χ1n) is 13.0. The molecule has 0 radical (unpaired) electrons. The van der Waals surface area contributed by atoms with Crippen LogP contribution in [0.15, 0.2) is 65.6 Å². The fourth-order valence-electron chi connectivity index (χ4n) is 4.84. The molecule has 4 N–H and O–H groups in total. The van der Waals surface area contributed by atoms with Gasteiger partial charge < -0.3 is 15.5 Å². The third kappa shape index (κ3) is 5.54. The van der Waals surface area contributed by atoms with Crippen molar-refractivity contribution >= 4 is 45.1 Å². The van der Waals surface area contributed by atoms with Gasteiger partial charge in [-0.2, -0.15) is 5.26 Å². The van der Waals surface area contributed by atoms with E-state index in [2.05, 4.69) is 16.7 Å². The van der Waals surface area contributed by atoms with Crippen molar-refractivity contribution in [1.29, 1.82) is 5.26 Å². The molecule has 0 aromatic heterocycles. The minimum Gasteiger partial charge on any atom is -0.308 e. The maximum absolute atomic E-state index is 14.2. The molecule has 11 nitrogen and oxygen atoms in total. The predicted molar refractivity (Wildman–Crippen MR) is 152 cm³/mol. The Morgan fingerprint density at radius 1 is 1.07 bits per heavy atom. The Kier molecular flexibility index (Phi) is 7.21. The number of hydrogen-bond acceptors (Lipinski definition) is 6. The molecule has 5 amide bonds. The Bertz CT molecular complexity index is 1760. The number of urea groups is 2. The molecule has 216 valence electrons. The number of carbonyl (C=O) groups excluding carboxylic acids is 3. The van der Waals surface area contributed by atoms with Crippen molar-refractivity contribution < 1.29 is 27.2 Å².